The molecule has 110 valence electrons. The fourth-order valence-electron chi connectivity index (χ4n) is 2.33. The number of aliphatic hydroxyl groups excluding tert-OH is 2. The van der Waals surface area contributed by atoms with Gasteiger partial charge in [0.2, 0.25) is 0 Å². The molecule has 0 aromatic carbocycles. The maximum absolute atomic E-state index is 9.82. The van der Waals surface area contributed by atoms with Crippen molar-refractivity contribution < 1.29 is 14.9 Å². The average Bonchev–Trinajstić information content (AvgIpc) is 3.08. The number of aliphatic hydroxyl groups is 2. The average molecular weight is 289 g/mol. The predicted octanol–water partition coefficient (Wildman–Crippen LogP) is -0.140. The Morgan fingerprint density at radius 2 is 2.33 bits per heavy atom. The molecule has 3 rings (SSSR count). The van der Waals surface area contributed by atoms with Gasteiger partial charge in [0.05, 0.1) is 19.0 Å². The van der Waals surface area contributed by atoms with Crippen LogP contribution in [0.15, 0.2) is 12.7 Å². The van der Waals surface area contributed by atoms with Gasteiger partial charge >= 0.3 is 0 Å². The summed E-state index contributed by atoms with van der Waals surface area (Å²) in [6.45, 7) is 1.49. The van der Waals surface area contributed by atoms with Crippen LogP contribution in [0.3, 0.4) is 0 Å². The third-order valence-corrected chi connectivity index (χ3v) is 3.36. The van der Waals surface area contributed by atoms with Gasteiger partial charge in [-0.1, -0.05) is 5.92 Å². The Hall–Kier alpha value is -2.21. The third-order valence-electron chi connectivity index (χ3n) is 3.36. The van der Waals surface area contributed by atoms with Crippen molar-refractivity contribution in [1.82, 2.24) is 19.5 Å². The standard InChI is InChI=1S/C13H15N5O3/c1-2-3-14-12-11-13(16-6-15-12)18(7-17-11)10-4-8(20)9(5-19)21-10/h6-10,19-20H,4-5H2,1H3,(H,14,15,16)/t8?,9-,10-/m1/s1. The van der Waals surface area contributed by atoms with Gasteiger partial charge in [-0.3, -0.25) is 9.88 Å². The molecule has 0 aliphatic carbocycles. The lowest BCUT2D eigenvalue weighted by Crippen LogP contribution is -2.24. The van der Waals surface area contributed by atoms with Crippen molar-refractivity contribution in [2.45, 2.75) is 31.8 Å². The molecule has 0 saturated carbocycles. The molecule has 0 radical (unpaired) electrons. The first kappa shape index (κ1) is 13.8. The highest BCUT2D eigenvalue weighted by atomic mass is 16.5. The number of aromatic nitrogens is 4. The number of fused-ring (bicyclic) bond motifs is 1. The van der Waals surface area contributed by atoms with Crippen LogP contribution in [0.25, 0.3) is 11.2 Å². The van der Waals surface area contributed by atoms with Gasteiger partial charge in [-0.2, -0.15) is 0 Å². The van der Waals surface area contributed by atoms with Crippen LogP contribution in [-0.4, -0.2) is 48.5 Å². The molecule has 1 aliphatic heterocycles. The van der Waals surface area contributed by atoms with E-state index < -0.39 is 18.4 Å². The molecular weight excluding hydrogens is 274 g/mol. The number of nitrogens with zero attached hydrogens (tertiary/aromatic N) is 4. The van der Waals surface area contributed by atoms with E-state index in [0.29, 0.717) is 23.4 Å². The molecule has 0 bridgehead atoms. The molecule has 1 aliphatic rings. The molecule has 0 spiro atoms. The first-order valence-electron chi connectivity index (χ1n) is 6.54. The van der Waals surface area contributed by atoms with Crippen LogP contribution in [0.2, 0.25) is 0 Å². The van der Waals surface area contributed by atoms with Crippen molar-refractivity contribution >= 4 is 17.0 Å². The van der Waals surface area contributed by atoms with Crippen LogP contribution < -0.4 is 5.32 Å². The van der Waals surface area contributed by atoms with Gasteiger partial charge in [-0.25, -0.2) is 15.0 Å². The van der Waals surface area contributed by atoms with Gasteiger partial charge in [0, 0.05) is 12.5 Å². The largest absolute Gasteiger partial charge is 0.394 e. The lowest BCUT2D eigenvalue weighted by molar-refractivity contribution is -0.0432. The minimum absolute atomic E-state index is 0.224. The lowest BCUT2D eigenvalue weighted by atomic mass is 10.2. The van der Waals surface area contributed by atoms with E-state index in [4.69, 9.17) is 9.84 Å². The van der Waals surface area contributed by atoms with Gasteiger partial charge < -0.3 is 14.9 Å². The zero-order valence-electron chi connectivity index (χ0n) is 11.4. The highest BCUT2D eigenvalue weighted by Gasteiger charge is 2.35. The van der Waals surface area contributed by atoms with Crippen molar-refractivity contribution in [3.8, 4) is 12.0 Å². The summed E-state index contributed by atoms with van der Waals surface area (Å²) < 4.78 is 7.33. The van der Waals surface area contributed by atoms with E-state index in [9.17, 15) is 5.11 Å². The summed E-state index contributed by atoms with van der Waals surface area (Å²) >= 11 is 0. The summed E-state index contributed by atoms with van der Waals surface area (Å²) in [5, 5.41) is 21.8. The maximum Gasteiger partial charge on any atom is 0.169 e. The Morgan fingerprint density at radius 1 is 1.48 bits per heavy atom. The summed E-state index contributed by atoms with van der Waals surface area (Å²) in [7, 11) is 0. The highest BCUT2D eigenvalue weighted by Crippen LogP contribution is 2.31. The fourth-order valence-corrected chi connectivity index (χ4v) is 2.33. The normalized spacial score (nSPS) is 24.8. The second kappa shape index (κ2) is 5.65. The van der Waals surface area contributed by atoms with E-state index in [1.165, 1.54) is 6.33 Å². The van der Waals surface area contributed by atoms with E-state index in [0.717, 1.165) is 0 Å². The monoisotopic (exact) mass is 289 g/mol. The molecule has 2 aromatic heterocycles. The molecule has 3 N–H and O–H groups in total. The fraction of sp³-hybridized carbons (Fsp3) is 0.462. The van der Waals surface area contributed by atoms with E-state index in [1.54, 1.807) is 17.8 Å². The first-order chi connectivity index (χ1) is 10.2. The number of nitrogens with one attached hydrogen (secondary N) is 1. The molecule has 2 aromatic rings. The quantitative estimate of drug-likeness (QED) is 0.533. The Balaban J connectivity index is 1.95. The van der Waals surface area contributed by atoms with Crippen molar-refractivity contribution in [1.29, 1.82) is 0 Å². The topological polar surface area (TPSA) is 105 Å². The smallest absolute Gasteiger partial charge is 0.169 e. The Bertz CT molecular complexity index is 705. The number of hydrogen-bond acceptors (Lipinski definition) is 7. The molecular formula is C13H15N5O3. The summed E-state index contributed by atoms with van der Waals surface area (Å²) in [4.78, 5) is 12.6. The van der Waals surface area contributed by atoms with Crippen molar-refractivity contribution in [3.63, 3.8) is 0 Å². The molecule has 21 heavy (non-hydrogen) atoms. The Morgan fingerprint density at radius 3 is 3.05 bits per heavy atom. The molecule has 0 amide bonds. The van der Waals surface area contributed by atoms with E-state index in [-0.39, 0.29) is 6.61 Å². The summed E-state index contributed by atoms with van der Waals surface area (Å²) in [6.07, 6.45) is 1.66. The molecule has 8 nitrogen and oxygen atoms in total. The molecule has 3 atom stereocenters. The molecule has 3 heterocycles. The summed E-state index contributed by atoms with van der Waals surface area (Å²) in [5.41, 5.74) is 1.16. The van der Waals surface area contributed by atoms with Crippen molar-refractivity contribution in [2.24, 2.45) is 0 Å². The number of anilines is 1. The molecule has 8 heteroatoms. The maximum atomic E-state index is 9.82. The van der Waals surface area contributed by atoms with Crippen LogP contribution in [0.4, 0.5) is 5.82 Å². The van der Waals surface area contributed by atoms with Gasteiger partial charge in [-0.05, 0) is 6.92 Å². The van der Waals surface area contributed by atoms with Crippen molar-refractivity contribution in [3.05, 3.63) is 12.7 Å². The van der Waals surface area contributed by atoms with Crippen molar-refractivity contribution in [2.75, 3.05) is 11.9 Å². The number of rotatable bonds is 3. The Kier molecular flexibility index (Phi) is 3.70. The second-order valence-electron chi connectivity index (χ2n) is 4.66. The van der Waals surface area contributed by atoms with Gasteiger partial charge in [0.15, 0.2) is 17.0 Å². The van der Waals surface area contributed by atoms with Crippen LogP contribution in [0.5, 0.6) is 0 Å². The van der Waals surface area contributed by atoms with Crippen LogP contribution in [-0.2, 0) is 4.74 Å². The molecule has 1 saturated heterocycles. The minimum Gasteiger partial charge on any atom is -0.394 e. The summed E-state index contributed by atoms with van der Waals surface area (Å²) in [5.74, 6) is 3.24. The number of ether oxygens (including phenoxy) is 1. The Labute approximate surface area is 120 Å². The van der Waals surface area contributed by atoms with Gasteiger partial charge in [-0.15, -0.1) is 0 Å². The molecule has 1 unspecified atom stereocenters. The number of imidazole rings is 1. The van der Waals surface area contributed by atoms with Crippen LogP contribution in [0.1, 0.15) is 19.6 Å². The summed E-state index contributed by atoms with van der Waals surface area (Å²) in [6, 6.07) is 2.71. The van der Waals surface area contributed by atoms with E-state index >= 15 is 0 Å². The zero-order valence-corrected chi connectivity index (χ0v) is 11.4. The zero-order chi connectivity index (χ0) is 14.8. The van der Waals surface area contributed by atoms with E-state index in [1.807, 2.05) is 0 Å². The third kappa shape index (κ3) is 2.42. The number of hydrogen-bond donors (Lipinski definition) is 3. The SMILES string of the molecule is CC#CNc1ncnc2c1ncn2[C@H]1CC(O)[C@@H](CO)O1. The first-order valence-corrected chi connectivity index (χ1v) is 6.54. The minimum atomic E-state index is -0.706. The van der Waals surface area contributed by atoms with Gasteiger partial charge in [0.25, 0.3) is 0 Å². The van der Waals surface area contributed by atoms with Gasteiger partial charge in [0.1, 0.15) is 18.7 Å². The van der Waals surface area contributed by atoms with Crippen LogP contribution >= 0.6 is 0 Å². The highest BCUT2D eigenvalue weighted by molar-refractivity contribution is 5.83. The predicted molar refractivity (Wildman–Crippen MR) is 74.0 cm³/mol. The second-order valence-corrected chi connectivity index (χ2v) is 4.66. The van der Waals surface area contributed by atoms with Crippen LogP contribution in [0, 0.1) is 12.0 Å². The lowest BCUT2D eigenvalue weighted by Gasteiger charge is -2.13. The van der Waals surface area contributed by atoms with E-state index in [2.05, 4.69) is 32.2 Å². The molecule has 1 fully saturated rings.